The van der Waals surface area contributed by atoms with Crippen LogP contribution in [0.25, 0.3) is 11.1 Å². The lowest BCUT2D eigenvalue weighted by atomic mass is 9.94. The number of benzene rings is 3. The quantitative estimate of drug-likeness (QED) is 0.182. The second-order valence-electron chi connectivity index (χ2n) is 15.1. The van der Waals surface area contributed by atoms with Crippen molar-refractivity contribution >= 4 is 17.6 Å². The maximum Gasteiger partial charge on any atom is 0.416 e. The van der Waals surface area contributed by atoms with Gasteiger partial charge in [-0.2, -0.15) is 13.2 Å². The fourth-order valence-corrected chi connectivity index (χ4v) is 7.88. The highest BCUT2D eigenvalue weighted by Gasteiger charge is 2.37. The number of carbonyl (C=O) groups excluding carboxylic acids is 1. The van der Waals surface area contributed by atoms with Crippen LogP contribution in [0.2, 0.25) is 0 Å². The molecule has 3 aliphatic rings. The van der Waals surface area contributed by atoms with Crippen molar-refractivity contribution < 1.29 is 50.5 Å². The van der Waals surface area contributed by atoms with Crippen molar-refractivity contribution in [1.82, 2.24) is 14.8 Å². The number of aromatic nitrogens is 1. The molecule has 3 aliphatic heterocycles. The van der Waals surface area contributed by atoms with Crippen LogP contribution in [0.15, 0.2) is 59.5 Å². The van der Waals surface area contributed by atoms with E-state index in [1.54, 1.807) is 24.0 Å². The smallest absolute Gasteiger partial charge is 0.416 e. The van der Waals surface area contributed by atoms with Gasteiger partial charge in [-0.15, -0.1) is 0 Å². The Bertz CT molecular complexity index is 2270. The van der Waals surface area contributed by atoms with Gasteiger partial charge in [-0.05, 0) is 85.3 Å². The Morgan fingerprint density at radius 2 is 1.75 bits per heavy atom. The van der Waals surface area contributed by atoms with Crippen molar-refractivity contribution in [3.63, 3.8) is 0 Å². The molecule has 10 nitrogen and oxygen atoms in total. The van der Waals surface area contributed by atoms with Gasteiger partial charge in [-0.1, -0.05) is 13.3 Å². The number of morpholine rings is 1. The molecule has 0 saturated carbocycles. The number of hydrogen-bond acceptors (Lipinski definition) is 7. The van der Waals surface area contributed by atoms with E-state index in [9.17, 15) is 27.2 Å². The molecule has 4 heterocycles. The Labute approximate surface area is 337 Å². The summed E-state index contributed by atoms with van der Waals surface area (Å²) in [6.07, 6.45) is -3.47. The molecule has 7 rings (SSSR count). The Hall–Kier alpha value is -5.35. The molecule has 16 heteroatoms. The number of alkyl halides is 4. The molecule has 316 valence electrons. The van der Waals surface area contributed by atoms with E-state index in [0.29, 0.717) is 42.7 Å². The van der Waals surface area contributed by atoms with Crippen LogP contribution in [0.3, 0.4) is 0 Å². The summed E-state index contributed by atoms with van der Waals surface area (Å²) in [5.41, 5.74) is 0.233. The van der Waals surface area contributed by atoms with Crippen molar-refractivity contribution in [2.75, 3.05) is 44.3 Å². The lowest BCUT2D eigenvalue weighted by molar-refractivity contribution is -0.138. The number of halogens is 6. The normalized spacial score (nSPS) is 18.5. The first kappa shape index (κ1) is 43.2. The summed E-state index contributed by atoms with van der Waals surface area (Å²) >= 11 is 0. The third kappa shape index (κ3) is 9.76. The Kier molecular flexibility index (Phi) is 13.1. The minimum absolute atomic E-state index is 0.0652. The summed E-state index contributed by atoms with van der Waals surface area (Å²) in [7, 11) is 0. The van der Waals surface area contributed by atoms with Crippen LogP contribution in [-0.2, 0) is 33.5 Å². The van der Waals surface area contributed by atoms with E-state index in [-0.39, 0.29) is 66.6 Å². The monoisotopic (exact) mass is 828 g/mol. The molecular formula is C43H46F6N4O6. The van der Waals surface area contributed by atoms with Gasteiger partial charge in [0.25, 0.3) is 11.5 Å². The number of carboxylic acids is 1. The molecule has 0 aliphatic carbocycles. The van der Waals surface area contributed by atoms with Crippen molar-refractivity contribution in [3.05, 3.63) is 110 Å². The Morgan fingerprint density at radius 1 is 1.02 bits per heavy atom. The number of fused-ring (bicyclic) bond motifs is 6. The topological polar surface area (TPSA) is 113 Å². The van der Waals surface area contributed by atoms with Crippen LogP contribution in [0, 0.1) is 25.5 Å². The zero-order valence-electron chi connectivity index (χ0n) is 33.1. The molecule has 3 aromatic carbocycles. The summed E-state index contributed by atoms with van der Waals surface area (Å²) in [5, 5.41) is 10.0. The van der Waals surface area contributed by atoms with Gasteiger partial charge < -0.3 is 24.8 Å². The number of hydrogen-bond donors (Lipinski definition) is 2. The summed E-state index contributed by atoms with van der Waals surface area (Å²) < 4.78 is 101. The average Bonchev–Trinajstić information content (AvgIpc) is 3.15. The van der Waals surface area contributed by atoms with Crippen molar-refractivity contribution in [1.29, 1.82) is 0 Å². The zero-order chi connectivity index (χ0) is 42.8. The van der Waals surface area contributed by atoms with Gasteiger partial charge in [-0.3, -0.25) is 23.9 Å². The minimum Gasteiger partial charge on any atom is -0.481 e. The minimum atomic E-state index is -4.92. The number of amides is 1. The molecule has 2 N–H and O–H groups in total. The van der Waals surface area contributed by atoms with Gasteiger partial charge in [0.2, 0.25) is 5.91 Å². The molecule has 2 unspecified atom stereocenters. The lowest BCUT2D eigenvalue weighted by Gasteiger charge is -2.38. The van der Waals surface area contributed by atoms with E-state index < -0.39 is 53.0 Å². The van der Waals surface area contributed by atoms with Gasteiger partial charge in [0.1, 0.15) is 35.3 Å². The van der Waals surface area contributed by atoms with E-state index in [1.165, 1.54) is 12.1 Å². The summed E-state index contributed by atoms with van der Waals surface area (Å²) in [4.78, 5) is 40.6. The molecule has 4 bridgehead atoms. The molecule has 59 heavy (non-hydrogen) atoms. The number of likely N-dealkylation sites (tertiary alicyclic amines) is 1. The SMILES string of the molecule is CC(=O)O.CCCC1COCCN1c1cc(C)c2c(c1)Oc1ccc(F)c(c1)C(n1cc(CCN3CC(F)C3)c(C(F)(F)F)cc1=O)C(=O)NCc1cc-2cc(C)c1F. The summed E-state index contributed by atoms with van der Waals surface area (Å²) in [5.74, 6) is -2.84. The van der Waals surface area contributed by atoms with Crippen LogP contribution < -0.4 is 20.5 Å². The number of aliphatic carboxylic acids is 1. The number of ether oxygens (including phenoxy) is 2. The highest BCUT2D eigenvalue weighted by Crippen LogP contribution is 2.42. The van der Waals surface area contributed by atoms with Crippen molar-refractivity contribution in [2.24, 2.45) is 0 Å². The fourth-order valence-electron chi connectivity index (χ4n) is 7.88. The second kappa shape index (κ2) is 17.9. The Balaban J connectivity index is 0.00000140. The van der Waals surface area contributed by atoms with E-state index in [0.717, 1.165) is 47.8 Å². The molecule has 2 atom stereocenters. The van der Waals surface area contributed by atoms with E-state index in [4.69, 9.17) is 19.4 Å². The van der Waals surface area contributed by atoms with Crippen LogP contribution in [-0.4, -0.2) is 78.1 Å². The largest absolute Gasteiger partial charge is 0.481 e. The second-order valence-corrected chi connectivity index (χ2v) is 15.1. The molecule has 1 aromatic heterocycles. The van der Waals surface area contributed by atoms with Gasteiger partial charge in [0.15, 0.2) is 0 Å². The van der Waals surface area contributed by atoms with E-state index >= 15 is 8.78 Å². The van der Waals surface area contributed by atoms with Gasteiger partial charge in [0.05, 0.1) is 24.8 Å². The number of anilines is 1. The summed E-state index contributed by atoms with van der Waals surface area (Å²) in [6, 6.07) is 9.54. The Morgan fingerprint density at radius 3 is 2.42 bits per heavy atom. The standard InChI is InChI=1S/C41H42F6N4O4.C2H4O2/c1-4-5-29-22-54-11-10-50(29)30-13-23(2)37-26-12-24(3)38(44)27(14-26)18-48-40(53)39(32-16-31(6-7-34(32)43)55-35(37)15-30)51-19-25(8-9-49-20-28(42)21-49)33(17-36(51)52)41(45,46)47;1-2(3)4/h6-7,12-17,19,28-29,39H,4-5,8-11,18,20-22H2,1-3H3,(H,48,53);1H3,(H,3,4). The molecule has 2 fully saturated rings. The molecule has 0 spiro atoms. The number of nitrogens with one attached hydrogen (secondary N) is 1. The number of carbonyl (C=O) groups is 2. The van der Waals surface area contributed by atoms with E-state index in [2.05, 4.69) is 17.1 Å². The van der Waals surface area contributed by atoms with Crippen LogP contribution >= 0.6 is 0 Å². The lowest BCUT2D eigenvalue weighted by Crippen LogP contribution is -2.49. The van der Waals surface area contributed by atoms with Crippen molar-refractivity contribution in [3.8, 4) is 22.6 Å². The predicted molar refractivity (Wildman–Crippen MR) is 209 cm³/mol. The van der Waals surface area contributed by atoms with Gasteiger partial charge in [0, 0.05) is 80.4 Å². The molecule has 4 aromatic rings. The van der Waals surface area contributed by atoms with Crippen LogP contribution in [0.5, 0.6) is 11.5 Å². The van der Waals surface area contributed by atoms with Crippen molar-refractivity contribution in [2.45, 2.75) is 77.9 Å². The third-order valence-corrected chi connectivity index (χ3v) is 10.6. The van der Waals surface area contributed by atoms with E-state index in [1.807, 2.05) is 19.1 Å². The summed E-state index contributed by atoms with van der Waals surface area (Å²) in [6.45, 7) is 8.23. The highest BCUT2D eigenvalue weighted by atomic mass is 19.4. The van der Waals surface area contributed by atoms with Crippen LogP contribution in [0.1, 0.15) is 66.1 Å². The molecular weight excluding hydrogens is 782 g/mol. The molecule has 2 saturated heterocycles. The maximum atomic E-state index is 16.0. The first-order valence-electron chi connectivity index (χ1n) is 19.4. The first-order chi connectivity index (χ1) is 27.9. The first-order valence-corrected chi connectivity index (χ1v) is 19.4. The molecule has 0 radical (unpaired) electrons. The third-order valence-electron chi connectivity index (χ3n) is 10.6. The average molecular weight is 829 g/mol. The number of carboxylic acid groups (broad SMARTS) is 1. The number of aryl methyl sites for hydroxylation is 2. The maximum absolute atomic E-state index is 16.0. The van der Waals surface area contributed by atoms with Crippen LogP contribution in [0.4, 0.5) is 32.0 Å². The van der Waals surface area contributed by atoms with Gasteiger partial charge in [-0.25, -0.2) is 13.2 Å². The van der Waals surface area contributed by atoms with Gasteiger partial charge >= 0.3 is 6.18 Å². The fraction of sp³-hybridized carbons (Fsp3) is 0.419. The predicted octanol–water partition coefficient (Wildman–Crippen LogP) is 7.73. The number of pyridine rings is 1. The number of rotatable bonds is 7. The highest BCUT2D eigenvalue weighted by molar-refractivity contribution is 5.84. The molecule has 1 amide bonds. The zero-order valence-corrected chi connectivity index (χ0v) is 33.1. The number of nitrogens with zero attached hydrogens (tertiary/aromatic N) is 3.